The third-order valence-corrected chi connectivity index (χ3v) is 5.51. The fraction of sp³-hybridized carbons (Fsp3) is 0.364. The smallest absolute Gasteiger partial charge is 0.228 e. The normalized spacial score (nSPS) is 17.0. The van der Waals surface area contributed by atoms with E-state index in [-0.39, 0.29) is 0 Å². The van der Waals surface area contributed by atoms with Gasteiger partial charge in [-0.15, -0.1) is 0 Å². The lowest BCUT2D eigenvalue weighted by Gasteiger charge is -2.36. The molecule has 1 aliphatic heterocycles. The van der Waals surface area contributed by atoms with Gasteiger partial charge in [0.2, 0.25) is 5.95 Å². The molecule has 0 bridgehead atoms. The van der Waals surface area contributed by atoms with Gasteiger partial charge in [0.1, 0.15) is 11.6 Å². The number of ether oxygens (including phenoxy) is 1. The summed E-state index contributed by atoms with van der Waals surface area (Å²) in [7, 11) is 1.70. The summed E-state index contributed by atoms with van der Waals surface area (Å²) >= 11 is 0. The molecule has 1 saturated heterocycles. The van der Waals surface area contributed by atoms with E-state index in [1.807, 2.05) is 18.2 Å². The van der Waals surface area contributed by atoms with Crippen molar-refractivity contribution in [1.29, 1.82) is 0 Å². The maximum atomic E-state index is 5.26. The van der Waals surface area contributed by atoms with Crippen LogP contribution in [-0.2, 0) is 0 Å². The van der Waals surface area contributed by atoms with Gasteiger partial charge in [0, 0.05) is 43.3 Å². The highest BCUT2D eigenvalue weighted by molar-refractivity contribution is 5.90. The summed E-state index contributed by atoms with van der Waals surface area (Å²) in [5, 5.41) is 4.69. The minimum atomic E-state index is 0.568. The number of nitrogens with one attached hydrogen (secondary N) is 1. The molecule has 2 heterocycles. The lowest BCUT2D eigenvalue weighted by atomic mass is 10.2. The van der Waals surface area contributed by atoms with Crippen LogP contribution >= 0.6 is 0 Å². The van der Waals surface area contributed by atoms with Crippen LogP contribution in [0.2, 0.25) is 0 Å². The van der Waals surface area contributed by atoms with E-state index in [2.05, 4.69) is 45.4 Å². The summed E-state index contributed by atoms with van der Waals surface area (Å²) in [6.45, 7) is 3.72. The Bertz CT molecular complexity index is 962. The summed E-state index contributed by atoms with van der Waals surface area (Å²) in [4.78, 5) is 14.4. The Hall–Kier alpha value is -3.02. The average molecular weight is 375 g/mol. The van der Waals surface area contributed by atoms with Crippen LogP contribution in [0.5, 0.6) is 5.75 Å². The number of benzene rings is 2. The largest absolute Gasteiger partial charge is 0.497 e. The minimum absolute atomic E-state index is 0.568. The van der Waals surface area contributed by atoms with Gasteiger partial charge in [0.25, 0.3) is 0 Å². The maximum absolute atomic E-state index is 5.26. The predicted molar refractivity (Wildman–Crippen MR) is 114 cm³/mol. The molecular weight excluding hydrogens is 350 g/mol. The van der Waals surface area contributed by atoms with Gasteiger partial charge in [0.15, 0.2) is 0 Å². The number of para-hydroxylation sites is 1. The summed E-state index contributed by atoms with van der Waals surface area (Å²) < 4.78 is 5.26. The lowest BCUT2D eigenvalue weighted by Crippen LogP contribution is -2.47. The summed E-state index contributed by atoms with van der Waals surface area (Å²) in [5.74, 6) is 2.69. The number of methoxy groups -OCH3 is 1. The zero-order valence-electron chi connectivity index (χ0n) is 16.1. The van der Waals surface area contributed by atoms with Crippen molar-refractivity contribution in [2.45, 2.75) is 18.9 Å². The molecule has 2 fully saturated rings. The Balaban J connectivity index is 1.34. The Morgan fingerprint density at radius 2 is 1.61 bits per heavy atom. The zero-order chi connectivity index (χ0) is 18.9. The van der Waals surface area contributed by atoms with Crippen LogP contribution in [0.15, 0.2) is 48.5 Å². The highest BCUT2D eigenvalue weighted by Crippen LogP contribution is 2.30. The van der Waals surface area contributed by atoms with Crippen molar-refractivity contribution in [1.82, 2.24) is 9.97 Å². The molecule has 2 aliphatic rings. The molecule has 0 amide bonds. The standard InChI is InChI=1S/C22H25N5O/c1-28-18-10-8-17(9-11-18)26-12-14-27(15-13-26)22-24-20-5-3-2-4-19(20)21(25-22)23-16-6-7-16/h2-5,8-11,16H,6-7,12-15H2,1H3,(H,23,24,25). The molecule has 1 saturated carbocycles. The Kier molecular flexibility index (Phi) is 4.39. The van der Waals surface area contributed by atoms with Crippen LogP contribution in [0.1, 0.15) is 12.8 Å². The second-order valence-electron chi connectivity index (χ2n) is 7.48. The Labute approximate surface area is 165 Å². The average Bonchev–Trinajstić information content (AvgIpc) is 3.58. The predicted octanol–water partition coefficient (Wildman–Crippen LogP) is 3.54. The van der Waals surface area contributed by atoms with Crippen LogP contribution in [0.3, 0.4) is 0 Å². The van der Waals surface area contributed by atoms with E-state index in [9.17, 15) is 0 Å². The second-order valence-corrected chi connectivity index (χ2v) is 7.48. The Morgan fingerprint density at radius 3 is 2.32 bits per heavy atom. The molecule has 5 rings (SSSR count). The van der Waals surface area contributed by atoms with Gasteiger partial charge in [-0.25, -0.2) is 4.98 Å². The number of hydrogen-bond donors (Lipinski definition) is 1. The van der Waals surface area contributed by atoms with Crippen molar-refractivity contribution in [2.75, 3.05) is 48.4 Å². The maximum Gasteiger partial charge on any atom is 0.228 e. The van der Waals surface area contributed by atoms with Crippen molar-refractivity contribution in [3.05, 3.63) is 48.5 Å². The first-order valence-electron chi connectivity index (χ1n) is 9.97. The first-order chi connectivity index (χ1) is 13.8. The number of fused-ring (bicyclic) bond motifs is 1. The minimum Gasteiger partial charge on any atom is -0.497 e. The van der Waals surface area contributed by atoms with Crippen molar-refractivity contribution in [2.24, 2.45) is 0 Å². The summed E-state index contributed by atoms with van der Waals surface area (Å²) in [6.07, 6.45) is 2.46. The SMILES string of the molecule is COc1ccc(N2CCN(c3nc(NC4CC4)c4ccccc4n3)CC2)cc1. The number of anilines is 3. The van der Waals surface area contributed by atoms with Gasteiger partial charge in [-0.2, -0.15) is 4.98 Å². The number of rotatable bonds is 5. The summed E-state index contributed by atoms with van der Waals surface area (Å²) in [5.41, 5.74) is 2.24. The molecule has 3 aromatic rings. The highest BCUT2D eigenvalue weighted by Gasteiger charge is 2.24. The fourth-order valence-electron chi connectivity index (χ4n) is 3.69. The van der Waals surface area contributed by atoms with Gasteiger partial charge in [-0.3, -0.25) is 0 Å². The van der Waals surface area contributed by atoms with Crippen LogP contribution < -0.4 is 19.9 Å². The quantitative estimate of drug-likeness (QED) is 0.736. The molecule has 1 aliphatic carbocycles. The van der Waals surface area contributed by atoms with Crippen LogP contribution in [-0.4, -0.2) is 49.3 Å². The molecule has 1 aromatic heterocycles. The van der Waals surface area contributed by atoms with E-state index in [1.54, 1.807) is 7.11 Å². The van der Waals surface area contributed by atoms with Crippen molar-refractivity contribution >= 4 is 28.4 Å². The van der Waals surface area contributed by atoms with Gasteiger partial charge >= 0.3 is 0 Å². The van der Waals surface area contributed by atoms with Crippen molar-refractivity contribution < 1.29 is 4.74 Å². The summed E-state index contributed by atoms with van der Waals surface area (Å²) in [6, 6.07) is 17.1. The van der Waals surface area contributed by atoms with Crippen LogP contribution in [0, 0.1) is 0 Å². The highest BCUT2D eigenvalue weighted by atomic mass is 16.5. The molecule has 0 atom stereocenters. The van der Waals surface area contributed by atoms with Gasteiger partial charge in [0.05, 0.1) is 12.6 Å². The zero-order valence-corrected chi connectivity index (χ0v) is 16.1. The van der Waals surface area contributed by atoms with Crippen molar-refractivity contribution in [3.8, 4) is 5.75 Å². The Morgan fingerprint density at radius 1 is 0.893 bits per heavy atom. The van der Waals surface area contributed by atoms with E-state index in [0.717, 1.165) is 54.6 Å². The van der Waals surface area contributed by atoms with Crippen LogP contribution in [0.25, 0.3) is 10.9 Å². The number of hydrogen-bond acceptors (Lipinski definition) is 6. The third-order valence-electron chi connectivity index (χ3n) is 5.51. The molecular formula is C22H25N5O. The monoisotopic (exact) mass is 375 g/mol. The second kappa shape index (κ2) is 7.19. The number of piperazine rings is 1. The first kappa shape index (κ1) is 17.1. The van der Waals surface area contributed by atoms with Gasteiger partial charge in [-0.1, -0.05) is 12.1 Å². The molecule has 2 aromatic carbocycles. The van der Waals surface area contributed by atoms with Crippen LogP contribution in [0.4, 0.5) is 17.5 Å². The molecule has 6 heteroatoms. The number of nitrogens with zero attached hydrogens (tertiary/aromatic N) is 4. The van der Waals surface area contributed by atoms with Gasteiger partial charge in [-0.05, 0) is 49.2 Å². The molecule has 1 N–H and O–H groups in total. The topological polar surface area (TPSA) is 53.5 Å². The number of aromatic nitrogens is 2. The third kappa shape index (κ3) is 3.42. The van der Waals surface area contributed by atoms with Crippen molar-refractivity contribution in [3.63, 3.8) is 0 Å². The molecule has 0 unspecified atom stereocenters. The first-order valence-corrected chi connectivity index (χ1v) is 9.97. The van der Waals surface area contributed by atoms with Gasteiger partial charge < -0.3 is 19.9 Å². The van der Waals surface area contributed by atoms with E-state index in [0.29, 0.717) is 6.04 Å². The molecule has 0 spiro atoms. The van der Waals surface area contributed by atoms with E-state index in [4.69, 9.17) is 14.7 Å². The molecule has 6 nitrogen and oxygen atoms in total. The molecule has 28 heavy (non-hydrogen) atoms. The van der Waals surface area contributed by atoms with E-state index in [1.165, 1.54) is 18.5 Å². The fourth-order valence-corrected chi connectivity index (χ4v) is 3.69. The lowest BCUT2D eigenvalue weighted by molar-refractivity contribution is 0.415. The molecule has 0 radical (unpaired) electrons. The van der Waals surface area contributed by atoms with E-state index < -0.39 is 0 Å². The molecule has 144 valence electrons. The van der Waals surface area contributed by atoms with E-state index >= 15 is 0 Å².